The highest BCUT2D eigenvalue weighted by Crippen LogP contribution is 2.42. The molecule has 0 saturated heterocycles. The van der Waals surface area contributed by atoms with Gasteiger partial charge in [-0.1, -0.05) is 57.0 Å². The summed E-state index contributed by atoms with van der Waals surface area (Å²) in [6.07, 6.45) is 10.8. The lowest BCUT2D eigenvalue weighted by Crippen LogP contribution is -2.42. The summed E-state index contributed by atoms with van der Waals surface area (Å²) in [4.78, 5) is 0. The zero-order valence-corrected chi connectivity index (χ0v) is 13.3. The van der Waals surface area contributed by atoms with Crippen LogP contribution in [-0.4, -0.2) is 12.6 Å². The van der Waals surface area contributed by atoms with E-state index in [-0.39, 0.29) is 0 Å². The molecule has 1 saturated carbocycles. The number of aryl methyl sites for hydroxylation is 1. The van der Waals surface area contributed by atoms with E-state index in [9.17, 15) is 0 Å². The monoisotopic (exact) mass is 273 g/mol. The second-order valence-corrected chi connectivity index (χ2v) is 6.75. The molecule has 112 valence electrons. The Bertz CT molecular complexity index is 365. The van der Waals surface area contributed by atoms with Crippen molar-refractivity contribution in [2.75, 3.05) is 6.54 Å². The first-order valence-corrected chi connectivity index (χ1v) is 8.52. The first kappa shape index (κ1) is 15.6. The van der Waals surface area contributed by atoms with Crippen LogP contribution in [0.2, 0.25) is 0 Å². The molecule has 1 atom stereocenters. The van der Waals surface area contributed by atoms with E-state index in [0.29, 0.717) is 11.5 Å². The van der Waals surface area contributed by atoms with Crippen molar-refractivity contribution in [2.24, 2.45) is 5.41 Å². The molecule has 0 aromatic heterocycles. The van der Waals surface area contributed by atoms with Crippen molar-refractivity contribution in [2.45, 2.75) is 71.3 Å². The zero-order chi connectivity index (χ0) is 14.3. The summed E-state index contributed by atoms with van der Waals surface area (Å²) >= 11 is 0. The summed E-state index contributed by atoms with van der Waals surface area (Å²) in [5, 5.41) is 3.84. The molecular weight excluding hydrogens is 242 g/mol. The Morgan fingerprint density at radius 2 is 1.85 bits per heavy atom. The maximum Gasteiger partial charge on any atom is 0.0121 e. The van der Waals surface area contributed by atoms with Gasteiger partial charge in [-0.05, 0) is 56.0 Å². The molecule has 0 heterocycles. The summed E-state index contributed by atoms with van der Waals surface area (Å²) in [7, 11) is 0. The predicted octanol–water partition coefficient (Wildman–Crippen LogP) is 4.96. The third-order valence-corrected chi connectivity index (χ3v) is 5.03. The summed E-state index contributed by atoms with van der Waals surface area (Å²) in [5.74, 6) is 0. The minimum Gasteiger partial charge on any atom is -0.313 e. The van der Waals surface area contributed by atoms with Gasteiger partial charge in [-0.2, -0.15) is 0 Å². The molecule has 0 aliphatic heterocycles. The van der Waals surface area contributed by atoms with Crippen LogP contribution < -0.4 is 5.32 Å². The van der Waals surface area contributed by atoms with Gasteiger partial charge in [0.25, 0.3) is 0 Å². The number of hydrogen-bond acceptors (Lipinski definition) is 1. The fraction of sp³-hybridized carbons (Fsp3) is 0.684. The first-order chi connectivity index (χ1) is 9.74. The highest BCUT2D eigenvalue weighted by atomic mass is 14.9. The van der Waals surface area contributed by atoms with Crippen LogP contribution in [0.25, 0.3) is 0 Å². The Morgan fingerprint density at radius 1 is 1.15 bits per heavy atom. The molecule has 1 aliphatic rings. The van der Waals surface area contributed by atoms with E-state index >= 15 is 0 Å². The van der Waals surface area contributed by atoms with Crippen LogP contribution in [0.4, 0.5) is 0 Å². The van der Waals surface area contributed by atoms with E-state index in [2.05, 4.69) is 49.5 Å². The van der Waals surface area contributed by atoms with Crippen LogP contribution in [-0.2, 0) is 6.42 Å². The number of nitrogens with one attached hydrogen (secondary N) is 1. The van der Waals surface area contributed by atoms with Crippen molar-refractivity contribution in [3.63, 3.8) is 0 Å². The Kier molecular flexibility index (Phi) is 6.09. The largest absolute Gasteiger partial charge is 0.313 e. The SMILES string of the molecule is CCCNC(CCCc1ccccc1)C1(C)CCCC1. The molecule has 20 heavy (non-hydrogen) atoms. The summed E-state index contributed by atoms with van der Waals surface area (Å²) in [6, 6.07) is 11.6. The molecule has 0 radical (unpaired) electrons. The quantitative estimate of drug-likeness (QED) is 0.706. The van der Waals surface area contributed by atoms with E-state index in [0.717, 1.165) is 0 Å². The van der Waals surface area contributed by atoms with Gasteiger partial charge in [0.05, 0.1) is 0 Å². The number of rotatable bonds is 8. The molecule has 1 N–H and O–H groups in total. The molecule has 1 unspecified atom stereocenters. The second-order valence-electron chi connectivity index (χ2n) is 6.75. The Hall–Kier alpha value is -0.820. The average molecular weight is 273 g/mol. The van der Waals surface area contributed by atoms with Crippen LogP contribution in [0.15, 0.2) is 30.3 Å². The minimum atomic E-state index is 0.547. The van der Waals surface area contributed by atoms with Crippen LogP contribution >= 0.6 is 0 Å². The van der Waals surface area contributed by atoms with Gasteiger partial charge in [0.1, 0.15) is 0 Å². The van der Waals surface area contributed by atoms with Crippen molar-refractivity contribution in [1.29, 1.82) is 0 Å². The highest BCUT2D eigenvalue weighted by molar-refractivity contribution is 5.14. The van der Waals surface area contributed by atoms with Crippen molar-refractivity contribution in [1.82, 2.24) is 5.32 Å². The fourth-order valence-corrected chi connectivity index (χ4v) is 3.70. The molecule has 0 spiro atoms. The Morgan fingerprint density at radius 3 is 2.50 bits per heavy atom. The highest BCUT2D eigenvalue weighted by Gasteiger charge is 2.35. The van der Waals surface area contributed by atoms with Gasteiger partial charge in [0, 0.05) is 6.04 Å². The van der Waals surface area contributed by atoms with Crippen molar-refractivity contribution in [3.05, 3.63) is 35.9 Å². The standard InChI is InChI=1S/C19H31N/c1-3-16-20-18(19(2)14-7-8-15-19)13-9-12-17-10-5-4-6-11-17/h4-6,10-11,18,20H,3,7-9,12-16H2,1-2H3. The van der Waals surface area contributed by atoms with E-state index in [1.54, 1.807) is 0 Å². The van der Waals surface area contributed by atoms with Gasteiger partial charge in [0.2, 0.25) is 0 Å². The van der Waals surface area contributed by atoms with Gasteiger partial charge in [-0.25, -0.2) is 0 Å². The zero-order valence-electron chi connectivity index (χ0n) is 13.3. The third kappa shape index (κ3) is 4.34. The molecule has 1 aliphatic carbocycles. The predicted molar refractivity (Wildman–Crippen MR) is 88.0 cm³/mol. The van der Waals surface area contributed by atoms with E-state index in [1.807, 2.05) is 0 Å². The van der Waals surface area contributed by atoms with E-state index in [4.69, 9.17) is 0 Å². The van der Waals surface area contributed by atoms with Gasteiger partial charge in [0.15, 0.2) is 0 Å². The lowest BCUT2D eigenvalue weighted by Gasteiger charge is -2.35. The molecular formula is C19H31N. The summed E-state index contributed by atoms with van der Waals surface area (Å²) in [6.45, 7) is 5.95. The van der Waals surface area contributed by atoms with Crippen LogP contribution in [0, 0.1) is 5.41 Å². The molecule has 1 heteroatoms. The number of hydrogen-bond donors (Lipinski definition) is 1. The molecule has 2 rings (SSSR count). The third-order valence-electron chi connectivity index (χ3n) is 5.03. The van der Waals surface area contributed by atoms with Gasteiger partial charge in [-0.3, -0.25) is 0 Å². The molecule has 1 aromatic carbocycles. The fourth-order valence-electron chi connectivity index (χ4n) is 3.70. The van der Waals surface area contributed by atoms with Gasteiger partial charge < -0.3 is 5.32 Å². The molecule has 1 fully saturated rings. The van der Waals surface area contributed by atoms with Crippen LogP contribution in [0.1, 0.15) is 64.4 Å². The van der Waals surface area contributed by atoms with E-state index < -0.39 is 0 Å². The van der Waals surface area contributed by atoms with Crippen LogP contribution in [0.3, 0.4) is 0 Å². The first-order valence-electron chi connectivity index (χ1n) is 8.52. The molecule has 1 aromatic rings. The van der Waals surface area contributed by atoms with Crippen LogP contribution in [0.5, 0.6) is 0 Å². The van der Waals surface area contributed by atoms with Crippen molar-refractivity contribution >= 4 is 0 Å². The maximum absolute atomic E-state index is 3.84. The summed E-state index contributed by atoms with van der Waals surface area (Å²) in [5.41, 5.74) is 2.03. The lowest BCUT2D eigenvalue weighted by atomic mass is 9.78. The van der Waals surface area contributed by atoms with Gasteiger partial charge >= 0.3 is 0 Å². The van der Waals surface area contributed by atoms with E-state index in [1.165, 1.54) is 63.5 Å². The topological polar surface area (TPSA) is 12.0 Å². The number of benzene rings is 1. The maximum atomic E-state index is 3.84. The normalized spacial score (nSPS) is 19.1. The smallest absolute Gasteiger partial charge is 0.0121 e. The average Bonchev–Trinajstić information content (AvgIpc) is 2.91. The molecule has 0 amide bonds. The van der Waals surface area contributed by atoms with Crippen molar-refractivity contribution in [3.8, 4) is 0 Å². The Balaban J connectivity index is 1.84. The summed E-state index contributed by atoms with van der Waals surface area (Å²) < 4.78 is 0. The van der Waals surface area contributed by atoms with Crippen molar-refractivity contribution < 1.29 is 0 Å². The second kappa shape index (κ2) is 7.83. The molecule has 0 bridgehead atoms. The lowest BCUT2D eigenvalue weighted by molar-refractivity contribution is 0.207. The minimum absolute atomic E-state index is 0.547. The molecule has 1 nitrogen and oxygen atoms in total. The van der Waals surface area contributed by atoms with Gasteiger partial charge in [-0.15, -0.1) is 0 Å². The Labute approximate surface area is 125 Å².